The minimum Gasteiger partial charge on any atom is -0.448 e. The predicted octanol–water partition coefficient (Wildman–Crippen LogP) is 1.15. The van der Waals surface area contributed by atoms with Gasteiger partial charge in [-0.1, -0.05) is 6.92 Å². The van der Waals surface area contributed by atoms with Crippen molar-refractivity contribution < 1.29 is 4.42 Å². The van der Waals surface area contributed by atoms with E-state index in [0.29, 0.717) is 12.0 Å². The van der Waals surface area contributed by atoms with E-state index in [-0.39, 0.29) is 0 Å². The van der Waals surface area contributed by atoms with Gasteiger partial charge in [0.1, 0.15) is 5.76 Å². The van der Waals surface area contributed by atoms with Crippen molar-refractivity contribution in [2.75, 3.05) is 13.1 Å². The standard InChI is InChI=1S/C11H19N3O/c1-8-3-10(12)5-14(4-8)6-11-9(2)15-7-13-11/h7-8,10H,3-6,12H2,1-2H3. The van der Waals surface area contributed by atoms with Gasteiger partial charge in [-0.3, -0.25) is 4.90 Å². The Morgan fingerprint density at radius 2 is 2.40 bits per heavy atom. The van der Waals surface area contributed by atoms with E-state index in [1.807, 2.05) is 6.92 Å². The topological polar surface area (TPSA) is 55.3 Å². The molecule has 2 rings (SSSR count). The first-order valence-electron chi connectivity index (χ1n) is 5.52. The van der Waals surface area contributed by atoms with Crippen LogP contribution >= 0.6 is 0 Å². The summed E-state index contributed by atoms with van der Waals surface area (Å²) in [6.07, 6.45) is 2.65. The molecule has 1 fully saturated rings. The summed E-state index contributed by atoms with van der Waals surface area (Å²) in [5.41, 5.74) is 7.04. The van der Waals surface area contributed by atoms with Crippen LogP contribution in [-0.4, -0.2) is 29.0 Å². The average Bonchev–Trinajstić information content (AvgIpc) is 2.50. The maximum atomic E-state index is 6.00. The van der Waals surface area contributed by atoms with Crippen LogP contribution in [0.5, 0.6) is 0 Å². The van der Waals surface area contributed by atoms with Gasteiger partial charge in [0.15, 0.2) is 6.39 Å². The summed E-state index contributed by atoms with van der Waals surface area (Å²) >= 11 is 0. The molecular weight excluding hydrogens is 190 g/mol. The lowest BCUT2D eigenvalue weighted by molar-refractivity contribution is 0.156. The summed E-state index contributed by atoms with van der Waals surface area (Å²) in [6, 6.07) is 0.306. The van der Waals surface area contributed by atoms with Gasteiger partial charge in [-0.15, -0.1) is 0 Å². The van der Waals surface area contributed by atoms with Crippen LogP contribution < -0.4 is 5.73 Å². The second-order valence-electron chi connectivity index (χ2n) is 4.65. The van der Waals surface area contributed by atoms with Crippen LogP contribution in [0.2, 0.25) is 0 Å². The molecule has 2 unspecified atom stereocenters. The Hall–Kier alpha value is -0.870. The zero-order chi connectivity index (χ0) is 10.8. The molecule has 1 aromatic rings. The minimum atomic E-state index is 0.306. The molecule has 4 nitrogen and oxygen atoms in total. The van der Waals surface area contributed by atoms with E-state index in [9.17, 15) is 0 Å². The Labute approximate surface area is 90.5 Å². The summed E-state index contributed by atoms with van der Waals surface area (Å²) in [4.78, 5) is 6.58. The Bertz CT molecular complexity index is 313. The number of oxazole rings is 1. The number of rotatable bonds is 2. The molecule has 15 heavy (non-hydrogen) atoms. The monoisotopic (exact) mass is 209 g/mol. The van der Waals surface area contributed by atoms with Gasteiger partial charge in [-0.05, 0) is 19.3 Å². The molecule has 0 aromatic carbocycles. The van der Waals surface area contributed by atoms with Gasteiger partial charge < -0.3 is 10.2 Å². The van der Waals surface area contributed by atoms with Gasteiger partial charge in [0.05, 0.1) is 5.69 Å². The van der Waals surface area contributed by atoms with E-state index in [1.165, 1.54) is 6.39 Å². The van der Waals surface area contributed by atoms with E-state index in [1.54, 1.807) is 0 Å². The molecule has 1 saturated heterocycles. The molecule has 2 N–H and O–H groups in total. The lowest BCUT2D eigenvalue weighted by Crippen LogP contribution is -2.45. The van der Waals surface area contributed by atoms with Crippen molar-refractivity contribution in [2.45, 2.75) is 32.9 Å². The SMILES string of the molecule is Cc1ocnc1CN1CC(C)CC(N)C1. The van der Waals surface area contributed by atoms with Crippen molar-refractivity contribution in [1.29, 1.82) is 0 Å². The van der Waals surface area contributed by atoms with Crippen LogP contribution in [0.15, 0.2) is 10.8 Å². The number of hydrogen-bond acceptors (Lipinski definition) is 4. The quantitative estimate of drug-likeness (QED) is 0.794. The molecule has 0 bridgehead atoms. The van der Waals surface area contributed by atoms with Crippen LogP contribution in [0.1, 0.15) is 24.8 Å². The molecule has 4 heteroatoms. The van der Waals surface area contributed by atoms with Crippen LogP contribution in [0.25, 0.3) is 0 Å². The molecule has 0 amide bonds. The molecule has 0 spiro atoms. The maximum Gasteiger partial charge on any atom is 0.181 e. The Balaban J connectivity index is 1.97. The average molecular weight is 209 g/mol. The van der Waals surface area contributed by atoms with Crippen LogP contribution in [-0.2, 0) is 6.54 Å². The highest BCUT2D eigenvalue weighted by Crippen LogP contribution is 2.17. The van der Waals surface area contributed by atoms with Crippen LogP contribution in [0, 0.1) is 12.8 Å². The van der Waals surface area contributed by atoms with E-state index in [0.717, 1.165) is 37.5 Å². The molecule has 2 atom stereocenters. The summed E-state index contributed by atoms with van der Waals surface area (Å²) in [5.74, 6) is 1.60. The number of likely N-dealkylation sites (tertiary alicyclic amines) is 1. The highest BCUT2D eigenvalue weighted by atomic mass is 16.3. The third-order valence-electron chi connectivity index (χ3n) is 2.99. The minimum absolute atomic E-state index is 0.306. The lowest BCUT2D eigenvalue weighted by Gasteiger charge is -2.34. The molecule has 1 aromatic heterocycles. The van der Waals surface area contributed by atoms with Gasteiger partial charge in [0.2, 0.25) is 0 Å². The predicted molar refractivity (Wildman–Crippen MR) is 58.3 cm³/mol. The van der Waals surface area contributed by atoms with Crippen molar-refractivity contribution in [3.8, 4) is 0 Å². The molecule has 0 radical (unpaired) electrons. The normalized spacial score (nSPS) is 28.2. The van der Waals surface area contributed by atoms with E-state index < -0.39 is 0 Å². The first-order chi connectivity index (χ1) is 7.15. The number of nitrogens with two attached hydrogens (primary N) is 1. The molecular formula is C11H19N3O. The van der Waals surface area contributed by atoms with Gasteiger partial charge in [0, 0.05) is 25.7 Å². The maximum absolute atomic E-state index is 6.00. The molecule has 1 aliphatic rings. The fourth-order valence-electron chi connectivity index (χ4n) is 2.33. The highest BCUT2D eigenvalue weighted by molar-refractivity contribution is 5.04. The summed E-state index contributed by atoms with van der Waals surface area (Å²) in [7, 11) is 0. The molecule has 84 valence electrons. The van der Waals surface area contributed by atoms with Crippen LogP contribution in [0.3, 0.4) is 0 Å². The van der Waals surface area contributed by atoms with E-state index >= 15 is 0 Å². The van der Waals surface area contributed by atoms with E-state index in [4.69, 9.17) is 10.2 Å². The number of aromatic nitrogens is 1. The van der Waals surface area contributed by atoms with Crippen molar-refractivity contribution in [2.24, 2.45) is 11.7 Å². The Kier molecular flexibility index (Phi) is 3.07. The van der Waals surface area contributed by atoms with Gasteiger partial charge in [-0.25, -0.2) is 4.98 Å². The number of nitrogens with zero attached hydrogens (tertiary/aromatic N) is 2. The zero-order valence-electron chi connectivity index (χ0n) is 9.44. The zero-order valence-corrected chi connectivity index (χ0v) is 9.44. The summed E-state index contributed by atoms with van der Waals surface area (Å²) < 4.78 is 5.19. The number of aryl methyl sites for hydroxylation is 1. The Morgan fingerprint density at radius 1 is 1.60 bits per heavy atom. The second-order valence-corrected chi connectivity index (χ2v) is 4.65. The Morgan fingerprint density at radius 3 is 3.00 bits per heavy atom. The first-order valence-corrected chi connectivity index (χ1v) is 5.52. The van der Waals surface area contributed by atoms with Gasteiger partial charge in [0.25, 0.3) is 0 Å². The largest absolute Gasteiger partial charge is 0.448 e. The van der Waals surface area contributed by atoms with Crippen LogP contribution in [0.4, 0.5) is 0 Å². The third kappa shape index (κ3) is 2.58. The van der Waals surface area contributed by atoms with Crippen molar-refractivity contribution >= 4 is 0 Å². The van der Waals surface area contributed by atoms with Gasteiger partial charge >= 0.3 is 0 Å². The van der Waals surface area contributed by atoms with Crippen molar-refractivity contribution in [3.05, 3.63) is 17.8 Å². The number of hydrogen-bond donors (Lipinski definition) is 1. The fourth-order valence-corrected chi connectivity index (χ4v) is 2.33. The lowest BCUT2D eigenvalue weighted by atomic mass is 9.96. The molecule has 0 aliphatic carbocycles. The smallest absolute Gasteiger partial charge is 0.181 e. The summed E-state index contributed by atoms with van der Waals surface area (Å²) in [5, 5.41) is 0. The summed E-state index contributed by atoms with van der Waals surface area (Å²) in [6.45, 7) is 7.15. The van der Waals surface area contributed by atoms with Gasteiger partial charge in [-0.2, -0.15) is 0 Å². The fraction of sp³-hybridized carbons (Fsp3) is 0.727. The highest BCUT2D eigenvalue weighted by Gasteiger charge is 2.23. The number of piperidine rings is 1. The molecule has 0 saturated carbocycles. The molecule has 1 aliphatic heterocycles. The van der Waals surface area contributed by atoms with Crippen molar-refractivity contribution in [1.82, 2.24) is 9.88 Å². The van der Waals surface area contributed by atoms with Crippen molar-refractivity contribution in [3.63, 3.8) is 0 Å². The first kappa shape index (κ1) is 10.6. The third-order valence-corrected chi connectivity index (χ3v) is 2.99. The molecule has 2 heterocycles. The second kappa shape index (κ2) is 4.33. The van der Waals surface area contributed by atoms with E-state index in [2.05, 4.69) is 16.8 Å².